The molecule has 34 heavy (non-hydrogen) atoms. The van der Waals surface area contributed by atoms with Crippen LogP contribution in [0.25, 0.3) is 0 Å². The van der Waals surface area contributed by atoms with Crippen LogP contribution >= 0.6 is 0 Å². The van der Waals surface area contributed by atoms with Gasteiger partial charge in [-0.1, -0.05) is 19.0 Å². The number of nitrogens with zero attached hydrogens (tertiary/aromatic N) is 6. The van der Waals surface area contributed by atoms with E-state index >= 15 is 0 Å². The van der Waals surface area contributed by atoms with Crippen LogP contribution in [0.1, 0.15) is 44.0 Å². The molecule has 0 spiro atoms. The lowest BCUT2D eigenvalue weighted by Crippen LogP contribution is -2.38. The van der Waals surface area contributed by atoms with Gasteiger partial charge in [0.25, 0.3) is 0 Å². The number of anilines is 3. The van der Waals surface area contributed by atoms with Crippen LogP contribution in [0.2, 0.25) is 0 Å². The molecule has 2 aliphatic heterocycles. The van der Waals surface area contributed by atoms with Gasteiger partial charge in [-0.05, 0) is 24.6 Å². The van der Waals surface area contributed by atoms with Gasteiger partial charge in [0.1, 0.15) is 24.1 Å². The standard InChI is InChI=1S/C23H27FN6O3S/c1-14(2)20-27-23(33-28-20)29-9-6-15(7-10-29)32-22-17-8-11-30(21(17)25-13-26-22)19-5-4-16(34(3)31)12-18(19)24/h4-5,12-15H,6-11H2,1-3H3/t34-/m1/s1. The third-order valence-electron chi connectivity index (χ3n) is 6.20. The zero-order chi connectivity index (χ0) is 23.8. The van der Waals surface area contributed by atoms with Crippen LogP contribution in [0, 0.1) is 5.82 Å². The molecule has 0 radical (unpaired) electrons. The van der Waals surface area contributed by atoms with Crippen LogP contribution < -0.4 is 14.5 Å². The third-order valence-corrected chi connectivity index (χ3v) is 7.12. The van der Waals surface area contributed by atoms with E-state index in [9.17, 15) is 8.60 Å². The van der Waals surface area contributed by atoms with Gasteiger partial charge in [0.05, 0.1) is 11.3 Å². The molecule has 0 aliphatic carbocycles. The summed E-state index contributed by atoms with van der Waals surface area (Å²) < 4.78 is 38.1. The van der Waals surface area contributed by atoms with E-state index in [1.54, 1.807) is 12.1 Å². The van der Waals surface area contributed by atoms with Crippen molar-refractivity contribution in [3.8, 4) is 5.88 Å². The summed E-state index contributed by atoms with van der Waals surface area (Å²) >= 11 is 0. The van der Waals surface area contributed by atoms with E-state index in [1.807, 2.05) is 18.7 Å². The lowest BCUT2D eigenvalue weighted by molar-refractivity contribution is 0.160. The highest BCUT2D eigenvalue weighted by Gasteiger charge is 2.30. The minimum Gasteiger partial charge on any atom is -0.474 e. The number of hydrogen-bond acceptors (Lipinski definition) is 9. The van der Waals surface area contributed by atoms with Gasteiger partial charge in [0.15, 0.2) is 5.82 Å². The van der Waals surface area contributed by atoms with Gasteiger partial charge in [-0.2, -0.15) is 4.98 Å². The van der Waals surface area contributed by atoms with Crippen LogP contribution in [0.3, 0.4) is 0 Å². The van der Waals surface area contributed by atoms with Crippen molar-refractivity contribution >= 4 is 28.3 Å². The molecule has 180 valence electrons. The van der Waals surface area contributed by atoms with Crippen molar-refractivity contribution in [2.75, 3.05) is 35.7 Å². The maximum Gasteiger partial charge on any atom is 0.324 e. The summed E-state index contributed by atoms with van der Waals surface area (Å²) in [7, 11) is -1.24. The van der Waals surface area contributed by atoms with Crippen LogP contribution in [-0.2, 0) is 17.2 Å². The van der Waals surface area contributed by atoms with Crippen LogP contribution in [0.4, 0.5) is 21.9 Å². The number of ether oxygens (including phenoxy) is 1. The number of hydrogen-bond donors (Lipinski definition) is 0. The predicted octanol–water partition coefficient (Wildman–Crippen LogP) is 3.60. The summed E-state index contributed by atoms with van der Waals surface area (Å²) in [6.07, 6.45) is 5.25. The SMILES string of the molecule is CC(C)c1noc(N2CCC(Oc3ncnc4c3CCN4c3ccc([S@@](C)=O)cc3F)CC2)n1. The molecule has 1 fully saturated rings. The highest BCUT2D eigenvalue weighted by Crippen LogP contribution is 2.38. The second kappa shape index (κ2) is 9.28. The van der Waals surface area contributed by atoms with E-state index in [-0.39, 0.29) is 12.0 Å². The molecular weight excluding hydrogens is 459 g/mol. The molecule has 0 unspecified atom stereocenters. The zero-order valence-corrected chi connectivity index (χ0v) is 20.2. The molecule has 2 aromatic heterocycles. The van der Waals surface area contributed by atoms with Gasteiger partial charge >= 0.3 is 6.01 Å². The van der Waals surface area contributed by atoms with Crippen molar-refractivity contribution in [2.45, 2.75) is 50.0 Å². The molecule has 1 aromatic carbocycles. The molecule has 5 rings (SSSR count). The summed E-state index contributed by atoms with van der Waals surface area (Å²) in [5.41, 5.74) is 1.29. The summed E-state index contributed by atoms with van der Waals surface area (Å²) in [5, 5.41) is 4.05. The molecule has 0 bridgehead atoms. The number of fused-ring (bicyclic) bond motifs is 1. The summed E-state index contributed by atoms with van der Waals surface area (Å²) in [6, 6.07) is 5.22. The molecule has 9 nitrogen and oxygen atoms in total. The Balaban J connectivity index is 1.27. The monoisotopic (exact) mass is 486 g/mol. The van der Waals surface area contributed by atoms with Crippen LogP contribution in [0.15, 0.2) is 33.9 Å². The van der Waals surface area contributed by atoms with Crippen molar-refractivity contribution in [1.82, 2.24) is 20.1 Å². The minimum atomic E-state index is -1.24. The van der Waals surface area contributed by atoms with E-state index < -0.39 is 16.6 Å². The fourth-order valence-electron chi connectivity index (χ4n) is 4.30. The number of rotatable bonds is 6. The second-order valence-corrected chi connectivity index (χ2v) is 10.2. The maximum absolute atomic E-state index is 14.8. The van der Waals surface area contributed by atoms with E-state index in [0.717, 1.165) is 31.5 Å². The molecule has 0 saturated carbocycles. The summed E-state index contributed by atoms with van der Waals surface area (Å²) in [4.78, 5) is 17.6. The Morgan fingerprint density at radius 1 is 1.21 bits per heavy atom. The van der Waals surface area contributed by atoms with Crippen molar-refractivity contribution in [3.05, 3.63) is 41.7 Å². The fraction of sp³-hybridized carbons (Fsp3) is 0.478. The average Bonchev–Trinajstić information content (AvgIpc) is 3.48. The molecule has 3 aromatic rings. The van der Waals surface area contributed by atoms with Gasteiger partial charge in [0.2, 0.25) is 5.88 Å². The lowest BCUT2D eigenvalue weighted by Gasteiger charge is -2.30. The molecule has 11 heteroatoms. The zero-order valence-electron chi connectivity index (χ0n) is 19.4. The van der Waals surface area contributed by atoms with Gasteiger partial charge in [0, 0.05) is 60.3 Å². The maximum atomic E-state index is 14.8. The predicted molar refractivity (Wildman–Crippen MR) is 126 cm³/mol. The summed E-state index contributed by atoms with van der Waals surface area (Å²) in [6.45, 7) is 6.14. The first-order chi connectivity index (χ1) is 16.4. The Bertz CT molecular complexity index is 1210. The Labute approximate surface area is 199 Å². The number of benzene rings is 1. The topological polar surface area (TPSA) is 97.5 Å². The van der Waals surface area contributed by atoms with Crippen LogP contribution in [-0.4, -0.2) is 56.3 Å². The van der Waals surface area contributed by atoms with Crippen molar-refractivity contribution in [3.63, 3.8) is 0 Å². The quantitative estimate of drug-likeness (QED) is 0.518. The van der Waals surface area contributed by atoms with E-state index in [1.165, 1.54) is 18.6 Å². The molecule has 0 amide bonds. The van der Waals surface area contributed by atoms with Gasteiger partial charge in [-0.15, -0.1) is 0 Å². The largest absolute Gasteiger partial charge is 0.474 e. The Morgan fingerprint density at radius 2 is 2.00 bits per heavy atom. The van der Waals surface area contributed by atoms with Crippen molar-refractivity contribution < 1.29 is 17.9 Å². The fourth-order valence-corrected chi connectivity index (χ4v) is 4.83. The van der Waals surface area contributed by atoms with Crippen molar-refractivity contribution in [2.24, 2.45) is 0 Å². The number of halogens is 1. The van der Waals surface area contributed by atoms with Gasteiger partial charge in [-0.25, -0.2) is 14.4 Å². The first kappa shape index (κ1) is 22.7. The Kier molecular flexibility index (Phi) is 6.20. The van der Waals surface area contributed by atoms with Crippen LogP contribution in [0.5, 0.6) is 5.88 Å². The molecule has 1 saturated heterocycles. The van der Waals surface area contributed by atoms with E-state index in [4.69, 9.17) is 9.26 Å². The Hall–Kier alpha value is -3.08. The normalized spacial score (nSPS) is 17.3. The Morgan fingerprint density at radius 3 is 2.68 bits per heavy atom. The van der Waals surface area contributed by atoms with Crippen molar-refractivity contribution in [1.29, 1.82) is 0 Å². The number of piperidine rings is 1. The highest BCUT2D eigenvalue weighted by atomic mass is 32.2. The first-order valence-corrected chi connectivity index (χ1v) is 13.0. The molecule has 4 heterocycles. The smallest absolute Gasteiger partial charge is 0.324 e. The molecule has 2 aliphatic rings. The van der Waals surface area contributed by atoms with Gasteiger partial charge < -0.3 is 19.1 Å². The van der Waals surface area contributed by atoms with E-state index in [0.29, 0.717) is 47.1 Å². The molecule has 0 N–H and O–H groups in total. The van der Waals surface area contributed by atoms with Gasteiger partial charge in [-0.3, -0.25) is 4.21 Å². The third kappa shape index (κ3) is 4.36. The average molecular weight is 487 g/mol. The summed E-state index contributed by atoms with van der Waals surface area (Å²) in [5.74, 6) is 1.72. The van der Waals surface area contributed by atoms with E-state index in [2.05, 4.69) is 25.0 Å². The highest BCUT2D eigenvalue weighted by molar-refractivity contribution is 7.84. The number of aromatic nitrogens is 4. The first-order valence-electron chi connectivity index (χ1n) is 11.4. The second-order valence-electron chi connectivity index (χ2n) is 8.84. The molecular formula is C23H27FN6O3S. The molecule has 1 atom stereocenters. The lowest BCUT2D eigenvalue weighted by atomic mass is 10.1. The minimum absolute atomic E-state index is 0.00680.